The standard InChI is InChI=1S/C26H29N5/c1-2-6-23-20(5-1)15-19(16-28-23)18-30-13-10-22(11-14-30)31-25-8-4-3-7-24(25)29-26(31)21-9-12-27-17-21/h1-8,15-16,21-22,27H,9-14,17-18H2. The molecule has 2 aliphatic heterocycles. The van der Waals surface area contributed by atoms with Crippen molar-refractivity contribution >= 4 is 21.9 Å². The third-order valence-electron chi connectivity index (χ3n) is 7.02. The highest BCUT2D eigenvalue weighted by atomic mass is 15.2. The maximum atomic E-state index is 5.09. The molecule has 31 heavy (non-hydrogen) atoms. The molecule has 5 heteroatoms. The smallest absolute Gasteiger partial charge is 0.114 e. The lowest BCUT2D eigenvalue weighted by Gasteiger charge is -2.34. The fraction of sp³-hybridized carbons (Fsp3) is 0.385. The molecule has 1 atom stereocenters. The van der Waals surface area contributed by atoms with Crippen molar-refractivity contribution in [1.29, 1.82) is 0 Å². The van der Waals surface area contributed by atoms with Gasteiger partial charge in [0.1, 0.15) is 5.82 Å². The first kappa shape index (κ1) is 19.0. The summed E-state index contributed by atoms with van der Waals surface area (Å²) in [6.07, 6.45) is 5.59. The molecule has 6 rings (SSSR count). The van der Waals surface area contributed by atoms with E-state index < -0.39 is 0 Å². The molecule has 2 aromatic carbocycles. The van der Waals surface area contributed by atoms with Crippen LogP contribution in [0, 0.1) is 0 Å². The Morgan fingerprint density at radius 1 is 0.935 bits per heavy atom. The van der Waals surface area contributed by atoms with Crippen molar-refractivity contribution in [2.75, 3.05) is 26.2 Å². The molecule has 1 unspecified atom stereocenters. The molecule has 0 amide bonds. The summed E-state index contributed by atoms with van der Waals surface area (Å²) in [5.74, 6) is 1.83. The van der Waals surface area contributed by atoms with Gasteiger partial charge in [-0.2, -0.15) is 0 Å². The number of hydrogen-bond acceptors (Lipinski definition) is 4. The largest absolute Gasteiger partial charge is 0.324 e. The zero-order chi connectivity index (χ0) is 20.6. The van der Waals surface area contributed by atoms with Crippen LogP contribution in [-0.2, 0) is 6.54 Å². The van der Waals surface area contributed by atoms with Crippen LogP contribution in [0.4, 0.5) is 0 Å². The van der Waals surface area contributed by atoms with E-state index in [0.717, 1.165) is 43.8 Å². The minimum absolute atomic E-state index is 0.536. The van der Waals surface area contributed by atoms with Crippen LogP contribution in [0.15, 0.2) is 60.8 Å². The van der Waals surface area contributed by atoms with Crippen LogP contribution < -0.4 is 5.32 Å². The molecule has 5 nitrogen and oxygen atoms in total. The van der Waals surface area contributed by atoms with Gasteiger partial charge in [-0.3, -0.25) is 9.88 Å². The fourth-order valence-corrected chi connectivity index (χ4v) is 5.41. The molecule has 0 spiro atoms. The lowest BCUT2D eigenvalue weighted by molar-refractivity contribution is 0.179. The first-order chi connectivity index (χ1) is 15.3. The van der Waals surface area contributed by atoms with Gasteiger partial charge in [0.15, 0.2) is 0 Å². The Kier molecular flexibility index (Phi) is 4.93. The lowest BCUT2D eigenvalue weighted by Crippen LogP contribution is -2.35. The van der Waals surface area contributed by atoms with Gasteiger partial charge in [0, 0.05) is 49.7 Å². The van der Waals surface area contributed by atoms with E-state index in [2.05, 4.69) is 74.4 Å². The van der Waals surface area contributed by atoms with Crippen LogP contribution >= 0.6 is 0 Å². The Morgan fingerprint density at radius 3 is 2.58 bits per heavy atom. The molecule has 2 aliphatic rings. The number of imidazole rings is 1. The highest BCUT2D eigenvalue weighted by Gasteiger charge is 2.29. The van der Waals surface area contributed by atoms with E-state index in [-0.39, 0.29) is 0 Å². The number of aromatic nitrogens is 3. The van der Waals surface area contributed by atoms with Crippen LogP contribution in [0.2, 0.25) is 0 Å². The maximum absolute atomic E-state index is 5.09. The number of nitrogens with zero attached hydrogens (tertiary/aromatic N) is 4. The van der Waals surface area contributed by atoms with Crippen LogP contribution in [0.1, 0.15) is 42.6 Å². The number of hydrogen-bond donors (Lipinski definition) is 1. The predicted molar refractivity (Wildman–Crippen MR) is 125 cm³/mol. The first-order valence-electron chi connectivity index (χ1n) is 11.6. The normalized spacial score (nSPS) is 20.7. The quantitative estimate of drug-likeness (QED) is 0.537. The van der Waals surface area contributed by atoms with E-state index in [1.165, 1.54) is 41.6 Å². The average Bonchev–Trinajstić information content (AvgIpc) is 3.48. The average molecular weight is 412 g/mol. The third-order valence-corrected chi connectivity index (χ3v) is 7.02. The summed E-state index contributed by atoms with van der Waals surface area (Å²) in [7, 11) is 0. The molecule has 0 bridgehead atoms. The van der Waals surface area contributed by atoms with Crippen LogP contribution in [0.3, 0.4) is 0 Å². The Balaban J connectivity index is 1.21. The van der Waals surface area contributed by atoms with Crippen molar-refractivity contribution in [3.63, 3.8) is 0 Å². The van der Waals surface area contributed by atoms with Gasteiger partial charge in [-0.25, -0.2) is 4.98 Å². The monoisotopic (exact) mass is 411 g/mol. The van der Waals surface area contributed by atoms with E-state index in [1.54, 1.807) is 0 Å². The summed E-state index contributed by atoms with van der Waals surface area (Å²) < 4.78 is 2.59. The van der Waals surface area contributed by atoms with Crippen molar-refractivity contribution in [2.24, 2.45) is 0 Å². The zero-order valence-corrected chi connectivity index (χ0v) is 17.9. The SMILES string of the molecule is c1ccc2ncc(CN3CCC(n4c(C5CCNC5)nc5ccccc54)CC3)cc2c1. The molecule has 158 valence electrons. The summed E-state index contributed by atoms with van der Waals surface area (Å²) in [5, 5.41) is 4.76. The van der Waals surface area contributed by atoms with Gasteiger partial charge in [0.05, 0.1) is 16.6 Å². The molecule has 0 saturated carbocycles. The zero-order valence-electron chi connectivity index (χ0n) is 17.9. The highest BCUT2D eigenvalue weighted by molar-refractivity contribution is 5.78. The molecule has 0 aliphatic carbocycles. The van der Waals surface area contributed by atoms with Gasteiger partial charge in [0.2, 0.25) is 0 Å². The topological polar surface area (TPSA) is 46.0 Å². The molecule has 1 N–H and O–H groups in total. The second-order valence-corrected chi connectivity index (χ2v) is 9.06. The minimum atomic E-state index is 0.536. The first-order valence-corrected chi connectivity index (χ1v) is 11.6. The van der Waals surface area contributed by atoms with E-state index in [0.29, 0.717) is 12.0 Å². The van der Waals surface area contributed by atoms with E-state index in [1.807, 2.05) is 6.20 Å². The lowest BCUT2D eigenvalue weighted by atomic mass is 10.0. The van der Waals surface area contributed by atoms with Gasteiger partial charge in [-0.1, -0.05) is 30.3 Å². The number of likely N-dealkylation sites (tertiary alicyclic amines) is 1. The minimum Gasteiger partial charge on any atom is -0.324 e. The number of para-hydroxylation sites is 3. The van der Waals surface area contributed by atoms with E-state index >= 15 is 0 Å². The third kappa shape index (κ3) is 3.62. The summed E-state index contributed by atoms with van der Waals surface area (Å²) in [4.78, 5) is 12.3. The van der Waals surface area contributed by atoms with Gasteiger partial charge in [0.25, 0.3) is 0 Å². The number of benzene rings is 2. The van der Waals surface area contributed by atoms with Crippen LogP contribution in [0.25, 0.3) is 21.9 Å². The molecule has 2 aromatic heterocycles. The Labute approximate surface area is 183 Å². The van der Waals surface area contributed by atoms with E-state index in [9.17, 15) is 0 Å². The summed E-state index contributed by atoms with van der Waals surface area (Å²) >= 11 is 0. The summed E-state index contributed by atoms with van der Waals surface area (Å²) in [6.45, 7) is 5.37. The van der Waals surface area contributed by atoms with Crippen LogP contribution in [0.5, 0.6) is 0 Å². The van der Waals surface area contributed by atoms with Crippen molar-refractivity contribution < 1.29 is 0 Å². The molecular weight excluding hydrogens is 382 g/mol. The van der Waals surface area contributed by atoms with Gasteiger partial charge in [-0.15, -0.1) is 0 Å². The number of nitrogens with one attached hydrogen (secondary N) is 1. The Morgan fingerprint density at radius 2 is 1.74 bits per heavy atom. The summed E-state index contributed by atoms with van der Waals surface area (Å²) in [6, 6.07) is 19.9. The van der Waals surface area contributed by atoms with Crippen molar-refractivity contribution in [3.8, 4) is 0 Å². The number of piperidine rings is 1. The van der Waals surface area contributed by atoms with Gasteiger partial charge in [-0.05, 0) is 55.6 Å². The number of rotatable bonds is 4. The molecule has 2 fully saturated rings. The molecule has 0 radical (unpaired) electrons. The second-order valence-electron chi connectivity index (χ2n) is 9.06. The van der Waals surface area contributed by atoms with Gasteiger partial charge < -0.3 is 9.88 Å². The summed E-state index contributed by atoms with van der Waals surface area (Å²) in [5.41, 5.74) is 4.84. The molecule has 4 aromatic rings. The maximum Gasteiger partial charge on any atom is 0.114 e. The molecule has 2 saturated heterocycles. The van der Waals surface area contributed by atoms with Crippen molar-refractivity contribution in [3.05, 3.63) is 72.2 Å². The van der Waals surface area contributed by atoms with Crippen molar-refractivity contribution in [1.82, 2.24) is 24.8 Å². The number of pyridine rings is 1. The molecule has 4 heterocycles. The van der Waals surface area contributed by atoms with Gasteiger partial charge >= 0.3 is 0 Å². The van der Waals surface area contributed by atoms with Crippen molar-refractivity contribution in [2.45, 2.75) is 37.8 Å². The second kappa shape index (κ2) is 8.06. The number of fused-ring (bicyclic) bond motifs is 2. The Hall–Kier alpha value is -2.76. The van der Waals surface area contributed by atoms with E-state index in [4.69, 9.17) is 4.98 Å². The van der Waals surface area contributed by atoms with Crippen LogP contribution in [-0.4, -0.2) is 45.6 Å². The fourth-order valence-electron chi connectivity index (χ4n) is 5.41. The Bertz CT molecular complexity index is 1200. The molecular formula is C26H29N5. The highest BCUT2D eigenvalue weighted by Crippen LogP contribution is 2.34. The predicted octanol–water partition coefficient (Wildman–Crippen LogP) is 4.50.